The highest BCUT2D eigenvalue weighted by atomic mass is 32.2. The van der Waals surface area contributed by atoms with E-state index in [9.17, 15) is 19.2 Å². The highest BCUT2D eigenvalue weighted by Crippen LogP contribution is 2.19. The molecule has 0 saturated carbocycles. The molecule has 12 nitrogen and oxygen atoms in total. The van der Waals surface area contributed by atoms with Crippen LogP contribution in [-0.4, -0.2) is 80.4 Å². The Hall–Kier alpha value is -3.84. The molecule has 3 amide bonds. The normalized spacial score (nSPS) is 13.5. The first kappa shape index (κ1) is 27.7. The minimum absolute atomic E-state index is 0.0399. The zero-order valence-electron chi connectivity index (χ0n) is 20.3. The van der Waals surface area contributed by atoms with Gasteiger partial charge in [-0.15, -0.1) is 0 Å². The average molecular weight is 530 g/mol. The number of para-hydroxylation sites is 1. The van der Waals surface area contributed by atoms with Crippen molar-refractivity contribution in [2.24, 2.45) is 5.73 Å². The van der Waals surface area contributed by atoms with E-state index in [0.717, 1.165) is 16.5 Å². The van der Waals surface area contributed by atoms with Crippen molar-refractivity contribution < 1.29 is 24.3 Å². The summed E-state index contributed by atoms with van der Waals surface area (Å²) in [5.74, 6) is -2.30. The Labute approximate surface area is 217 Å². The van der Waals surface area contributed by atoms with Gasteiger partial charge in [-0.1, -0.05) is 18.2 Å². The van der Waals surface area contributed by atoms with E-state index in [1.165, 1.54) is 12.5 Å². The quantitative estimate of drug-likeness (QED) is 0.151. The van der Waals surface area contributed by atoms with Crippen LogP contribution in [0.1, 0.15) is 17.7 Å². The Morgan fingerprint density at radius 3 is 2.49 bits per heavy atom. The third-order valence-corrected chi connectivity index (χ3v) is 6.37. The van der Waals surface area contributed by atoms with Crippen molar-refractivity contribution in [2.45, 2.75) is 37.4 Å². The highest BCUT2D eigenvalue weighted by molar-refractivity contribution is 7.98. The molecule has 0 bridgehead atoms. The molecule has 198 valence electrons. The summed E-state index contributed by atoms with van der Waals surface area (Å²) < 4.78 is 0. The number of fused-ring (bicyclic) bond motifs is 1. The van der Waals surface area contributed by atoms with E-state index in [0.29, 0.717) is 17.9 Å². The number of hydrogen-bond donors (Lipinski definition) is 7. The Bertz CT molecular complexity index is 1210. The molecule has 0 fully saturated rings. The van der Waals surface area contributed by atoms with Crippen LogP contribution in [0.25, 0.3) is 10.9 Å². The highest BCUT2D eigenvalue weighted by Gasteiger charge is 2.29. The van der Waals surface area contributed by atoms with Gasteiger partial charge in [0.15, 0.2) is 0 Å². The first-order valence-electron chi connectivity index (χ1n) is 11.7. The SMILES string of the molecule is CSCCC(N)C(=O)NC(Cc1c[nH]c2ccccc12)C(=O)NC(Cc1cnc[nH]1)C(=O)NCC(=O)O. The largest absolute Gasteiger partial charge is 0.480 e. The Kier molecular flexibility index (Phi) is 10.1. The molecular formula is C24H31N7O5S. The molecule has 0 saturated heterocycles. The van der Waals surface area contributed by atoms with Gasteiger partial charge in [-0.3, -0.25) is 19.2 Å². The number of rotatable bonds is 14. The smallest absolute Gasteiger partial charge is 0.322 e. The lowest BCUT2D eigenvalue weighted by Gasteiger charge is -2.24. The van der Waals surface area contributed by atoms with E-state index in [2.05, 4.69) is 30.9 Å². The van der Waals surface area contributed by atoms with Crippen LogP contribution in [0.3, 0.4) is 0 Å². The minimum Gasteiger partial charge on any atom is -0.480 e. The molecule has 8 N–H and O–H groups in total. The van der Waals surface area contributed by atoms with Gasteiger partial charge in [0.05, 0.1) is 12.4 Å². The van der Waals surface area contributed by atoms with Crippen molar-refractivity contribution in [3.8, 4) is 0 Å². The van der Waals surface area contributed by atoms with Crippen LogP contribution in [0, 0.1) is 0 Å². The number of thioether (sulfide) groups is 1. The number of aromatic nitrogens is 3. The molecule has 2 heterocycles. The van der Waals surface area contributed by atoms with Gasteiger partial charge in [0.25, 0.3) is 0 Å². The maximum atomic E-state index is 13.5. The number of nitrogens with two attached hydrogens (primary N) is 1. The van der Waals surface area contributed by atoms with Crippen LogP contribution >= 0.6 is 11.8 Å². The van der Waals surface area contributed by atoms with Crippen molar-refractivity contribution in [2.75, 3.05) is 18.6 Å². The molecule has 0 radical (unpaired) electrons. The fourth-order valence-electron chi connectivity index (χ4n) is 3.77. The monoisotopic (exact) mass is 529 g/mol. The Morgan fingerprint density at radius 2 is 1.78 bits per heavy atom. The summed E-state index contributed by atoms with van der Waals surface area (Å²) in [6.45, 7) is -0.603. The summed E-state index contributed by atoms with van der Waals surface area (Å²) in [5.41, 5.74) is 8.27. The third kappa shape index (κ3) is 8.08. The van der Waals surface area contributed by atoms with E-state index in [4.69, 9.17) is 10.8 Å². The maximum absolute atomic E-state index is 13.5. The third-order valence-electron chi connectivity index (χ3n) is 5.73. The van der Waals surface area contributed by atoms with E-state index >= 15 is 0 Å². The Morgan fingerprint density at radius 1 is 1.05 bits per heavy atom. The van der Waals surface area contributed by atoms with E-state index in [-0.39, 0.29) is 12.8 Å². The number of carboxylic acid groups (broad SMARTS) is 1. The zero-order valence-corrected chi connectivity index (χ0v) is 21.1. The van der Waals surface area contributed by atoms with Gasteiger partial charge in [0.1, 0.15) is 18.6 Å². The Balaban J connectivity index is 1.82. The van der Waals surface area contributed by atoms with Gasteiger partial charge in [-0.2, -0.15) is 11.8 Å². The number of carbonyl (C=O) groups is 4. The lowest BCUT2D eigenvalue weighted by molar-refractivity contribution is -0.138. The summed E-state index contributed by atoms with van der Waals surface area (Å²) in [6, 6.07) is 4.61. The summed E-state index contributed by atoms with van der Waals surface area (Å²) >= 11 is 1.56. The standard InChI is InChI=1S/C24H31N7O5S/c1-37-7-6-17(25)22(34)30-19(8-14-10-27-18-5-3-2-4-16(14)18)24(36)31-20(9-15-11-26-13-29-15)23(35)28-12-21(32)33/h2-5,10-11,13,17,19-20,27H,6-9,12,25H2,1H3,(H,26,29)(H,28,35)(H,30,34)(H,31,36)(H,32,33). The number of aliphatic carboxylic acids is 1. The molecule has 37 heavy (non-hydrogen) atoms. The molecular weight excluding hydrogens is 498 g/mol. The van der Waals surface area contributed by atoms with Crippen molar-refractivity contribution >= 4 is 46.4 Å². The molecule has 0 aliphatic rings. The van der Waals surface area contributed by atoms with Crippen LogP contribution in [0.4, 0.5) is 0 Å². The molecule has 3 aromatic rings. The number of carbonyl (C=O) groups excluding carboxylic acids is 3. The average Bonchev–Trinajstić information content (AvgIpc) is 3.55. The van der Waals surface area contributed by atoms with Crippen LogP contribution in [-0.2, 0) is 32.0 Å². The van der Waals surface area contributed by atoms with Gasteiger partial charge in [-0.05, 0) is 30.1 Å². The topological polar surface area (TPSA) is 195 Å². The maximum Gasteiger partial charge on any atom is 0.322 e. The van der Waals surface area contributed by atoms with E-state index in [1.54, 1.807) is 18.0 Å². The van der Waals surface area contributed by atoms with Gasteiger partial charge in [0.2, 0.25) is 17.7 Å². The summed E-state index contributed by atoms with van der Waals surface area (Å²) in [7, 11) is 0. The molecule has 0 spiro atoms. The fraction of sp³-hybridized carbons (Fsp3) is 0.375. The summed E-state index contributed by atoms with van der Waals surface area (Å²) in [5, 5.41) is 17.5. The summed E-state index contributed by atoms with van der Waals surface area (Å²) in [6.07, 6.45) is 7.23. The van der Waals surface area contributed by atoms with Gasteiger partial charge in [0, 0.05) is 41.8 Å². The fourth-order valence-corrected chi connectivity index (χ4v) is 4.26. The number of imidazole rings is 1. The number of nitrogens with one attached hydrogen (secondary N) is 5. The molecule has 1 aromatic carbocycles. The first-order chi connectivity index (χ1) is 17.8. The van der Waals surface area contributed by atoms with Crippen molar-refractivity contribution in [3.05, 3.63) is 54.2 Å². The molecule has 3 rings (SSSR count). The van der Waals surface area contributed by atoms with Gasteiger partial charge < -0.3 is 36.8 Å². The van der Waals surface area contributed by atoms with Crippen LogP contribution in [0.15, 0.2) is 43.0 Å². The second kappa shape index (κ2) is 13.5. The second-order valence-electron chi connectivity index (χ2n) is 8.47. The molecule has 0 aliphatic carbocycles. The van der Waals surface area contributed by atoms with Crippen LogP contribution in [0.5, 0.6) is 0 Å². The predicted octanol–water partition coefficient (Wildman–Crippen LogP) is -0.0730. The number of benzene rings is 1. The lowest BCUT2D eigenvalue weighted by Crippen LogP contribution is -2.57. The molecule has 0 aliphatic heterocycles. The van der Waals surface area contributed by atoms with E-state index < -0.39 is 48.4 Å². The number of aromatic amines is 2. The van der Waals surface area contributed by atoms with Crippen molar-refractivity contribution in [1.29, 1.82) is 0 Å². The first-order valence-corrected chi connectivity index (χ1v) is 13.0. The van der Waals surface area contributed by atoms with Gasteiger partial charge in [-0.25, -0.2) is 4.98 Å². The molecule has 3 unspecified atom stereocenters. The zero-order chi connectivity index (χ0) is 26.8. The molecule has 2 aromatic heterocycles. The number of carboxylic acids is 1. The minimum atomic E-state index is -1.22. The second-order valence-corrected chi connectivity index (χ2v) is 9.45. The number of hydrogen-bond acceptors (Lipinski definition) is 7. The van der Waals surface area contributed by atoms with Gasteiger partial charge >= 0.3 is 5.97 Å². The lowest BCUT2D eigenvalue weighted by atomic mass is 10.0. The summed E-state index contributed by atoms with van der Waals surface area (Å²) in [4.78, 5) is 59.9. The van der Waals surface area contributed by atoms with E-state index in [1.807, 2.05) is 30.5 Å². The number of nitrogens with zero attached hydrogens (tertiary/aromatic N) is 1. The van der Waals surface area contributed by atoms with Crippen LogP contribution in [0.2, 0.25) is 0 Å². The molecule has 13 heteroatoms. The van der Waals surface area contributed by atoms with Crippen LogP contribution < -0.4 is 21.7 Å². The van der Waals surface area contributed by atoms with Crippen molar-refractivity contribution in [1.82, 2.24) is 30.9 Å². The molecule has 3 atom stereocenters. The number of H-pyrrole nitrogens is 2. The number of amides is 3. The van der Waals surface area contributed by atoms with Crippen molar-refractivity contribution in [3.63, 3.8) is 0 Å². The predicted molar refractivity (Wildman–Crippen MR) is 140 cm³/mol.